The standard InChI is InChI=1S/C25H29FN6O4/c1-16-3-8-20(36-16)18-6-4-17(5-7-18)14-32-12-10-25(9-11-27,21(26)15-32)30-13-19(23(29)33)22(28)31-24(34)35-2/h3-8,13,21,30H,9-10,12,14-15H2,1-2H3,(H2,29,33)(H2,28,31,34)/b19-13+. The van der Waals surface area contributed by atoms with Crippen molar-refractivity contribution in [3.05, 3.63) is 59.5 Å². The summed E-state index contributed by atoms with van der Waals surface area (Å²) >= 11 is 0. The fraction of sp³-hybridized carbons (Fsp3) is 0.360. The molecule has 2 heterocycles. The number of carbonyl (C=O) groups is 2. The summed E-state index contributed by atoms with van der Waals surface area (Å²) in [5.41, 5.74) is 5.63. The Morgan fingerprint density at radius 1 is 1.36 bits per heavy atom. The number of primary amides is 1. The first-order valence-electron chi connectivity index (χ1n) is 11.3. The molecular weight excluding hydrogens is 467 g/mol. The van der Waals surface area contributed by atoms with Crippen LogP contribution in [0.4, 0.5) is 9.18 Å². The number of hydrogen-bond donors (Lipinski definition) is 4. The van der Waals surface area contributed by atoms with E-state index in [-0.39, 0.29) is 25.0 Å². The predicted octanol–water partition coefficient (Wildman–Crippen LogP) is 2.74. The molecular formula is C25H29FN6O4. The Kier molecular flexibility index (Phi) is 8.45. The molecule has 2 aromatic rings. The number of nitrogens with zero attached hydrogens (tertiary/aromatic N) is 2. The van der Waals surface area contributed by atoms with Gasteiger partial charge < -0.3 is 20.2 Å². The van der Waals surface area contributed by atoms with E-state index >= 15 is 4.39 Å². The predicted molar refractivity (Wildman–Crippen MR) is 130 cm³/mol. The highest BCUT2D eigenvalue weighted by molar-refractivity contribution is 6.21. The number of carbonyl (C=O) groups excluding carboxylic acids is 2. The number of nitrogens with one attached hydrogen (secondary N) is 3. The molecule has 11 heteroatoms. The molecule has 36 heavy (non-hydrogen) atoms. The van der Waals surface area contributed by atoms with Crippen molar-refractivity contribution in [2.45, 2.75) is 38.0 Å². The third-order valence-corrected chi connectivity index (χ3v) is 6.12. The highest BCUT2D eigenvalue weighted by atomic mass is 19.1. The first-order chi connectivity index (χ1) is 17.2. The molecule has 2 atom stereocenters. The molecule has 1 saturated heterocycles. The van der Waals surface area contributed by atoms with Crippen LogP contribution < -0.4 is 16.4 Å². The number of amidine groups is 1. The Bertz CT molecular complexity index is 1190. The van der Waals surface area contributed by atoms with Crippen molar-refractivity contribution in [1.82, 2.24) is 15.5 Å². The van der Waals surface area contributed by atoms with Crippen molar-refractivity contribution in [2.24, 2.45) is 5.73 Å². The van der Waals surface area contributed by atoms with Crippen LogP contribution in [-0.4, -0.2) is 54.6 Å². The summed E-state index contributed by atoms with van der Waals surface area (Å²) in [5.74, 6) is 0.0126. The molecule has 1 fully saturated rings. The van der Waals surface area contributed by atoms with Crippen molar-refractivity contribution >= 4 is 17.8 Å². The molecule has 0 bridgehead atoms. The maximum absolute atomic E-state index is 15.5. The molecule has 0 spiro atoms. The van der Waals surface area contributed by atoms with Gasteiger partial charge >= 0.3 is 6.09 Å². The molecule has 0 saturated carbocycles. The van der Waals surface area contributed by atoms with Crippen molar-refractivity contribution < 1.29 is 23.1 Å². The number of furan rings is 1. The van der Waals surface area contributed by atoms with Crippen LogP contribution in [0, 0.1) is 23.7 Å². The van der Waals surface area contributed by atoms with Crippen LogP contribution in [0.25, 0.3) is 11.3 Å². The molecule has 1 aliphatic rings. The molecule has 2 unspecified atom stereocenters. The number of likely N-dealkylation sites (tertiary alicyclic amines) is 1. The van der Waals surface area contributed by atoms with Gasteiger partial charge in [0.05, 0.1) is 30.7 Å². The number of alkyl carbamates (subject to hydrolysis) is 1. The molecule has 5 N–H and O–H groups in total. The minimum absolute atomic E-state index is 0.0609. The van der Waals surface area contributed by atoms with Gasteiger partial charge in [0.15, 0.2) is 0 Å². The lowest BCUT2D eigenvalue weighted by Gasteiger charge is -2.43. The second-order valence-electron chi connectivity index (χ2n) is 8.61. The zero-order valence-electron chi connectivity index (χ0n) is 20.1. The fourth-order valence-electron chi connectivity index (χ4n) is 4.03. The second kappa shape index (κ2) is 11.5. The van der Waals surface area contributed by atoms with Gasteiger partial charge in [0.1, 0.15) is 23.5 Å². The molecule has 1 aromatic heterocycles. The van der Waals surface area contributed by atoms with Gasteiger partial charge in [-0.15, -0.1) is 0 Å². The maximum Gasteiger partial charge on any atom is 0.412 e. The number of ether oxygens (including phenoxy) is 1. The van der Waals surface area contributed by atoms with Crippen molar-refractivity contribution in [2.75, 3.05) is 20.2 Å². The number of alkyl halides is 1. The van der Waals surface area contributed by atoms with Gasteiger partial charge in [-0.1, -0.05) is 24.3 Å². The van der Waals surface area contributed by atoms with Gasteiger partial charge in [0.2, 0.25) is 0 Å². The number of halogens is 1. The number of benzene rings is 1. The number of amides is 2. The number of aryl methyl sites for hydroxylation is 1. The van der Waals surface area contributed by atoms with E-state index in [4.69, 9.17) is 15.6 Å². The summed E-state index contributed by atoms with van der Waals surface area (Å²) in [6, 6.07) is 13.7. The monoisotopic (exact) mass is 496 g/mol. The van der Waals surface area contributed by atoms with E-state index in [1.165, 1.54) is 0 Å². The number of nitriles is 1. The highest BCUT2D eigenvalue weighted by Gasteiger charge is 2.43. The van der Waals surface area contributed by atoms with Crippen molar-refractivity contribution in [1.29, 1.82) is 10.7 Å². The number of hydrogen-bond acceptors (Lipinski definition) is 8. The third-order valence-electron chi connectivity index (χ3n) is 6.12. The molecule has 1 aromatic carbocycles. The fourth-order valence-corrected chi connectivity index (χ4v) is 4.03. The zero-order chi connectivity index (χ0) is 26.3. The van der Waals surface area contributed by atoms with E-state index in [0.717, 1.165) is 36.0 Å². The quantitative estimate of drug-likeness (QED) is 0.249. The molecule has 10 nitrogen and oxygen atoms in total. The van der Waals surface area contributed by atoms with Gasteiger partial charge in [0.25, 0.3) is 5.91 Å². The second-order valence-corrected chi connectivity index (χ2v) is 8.61. The zero-order valence-corrected chi connectivity index (χ0v) is 20.1. The third kappa shape index (κ3) is 6.28. The summed E-state index contributed by atoms with van der Waals surface area (Å²) < 4.78 is 25.5. The first kappa shape index (κ1) is 26.4. The smallest absolute Gasteiger partial charge is 0.412 e. The minimum atomic E-state index is -1.45. The van der Waals surface area contributed by atoms with Gasteiger partial charge in [-0.2, -0.15) is 5.26 Å². The molecule has 0 aliphatic carbocycles. The Hall–Kier alpha value is -4.17. The van der Waals surface area contributed by atoms with E-state index < -0.39 is 29.5 Å². The van der Waals surface area contributed by atoms with Crippen LogP contribution >= 0.6 is 0 Å². The first-order valence-corrected chi connectivity index (χ1v) is 11.3. The summed E-state index contributed by atoms with van der Waals surface area (Å²) in [6.45, 7) is 2.96. The van der Waals surface area contributed by atoms with E-state index in [9.17, 15) is 14.9 Å². The number of methoxy groups -OCH3 is 1. The lowest BCUT2D eigenvalue weighted by atomic mass is 9.83. The Morgan fingerprint density at radius 3 is 2.64 bits per heavy atom. The van der Waals surface area contributed by atoms with Crippen LogP contribution in [0.15, 0.2) is 52.6 Å². The topological polar surface area (TPSA) is 157 Å². The Balaban J connectivity index is 1.68. The normalized spacial score (nSPS) is 20.3. The van der Waals surface area contributed by atoms with Crippen LogP contribution in [0.1, 0.15) is 24.2 Å². The van der Waals surface area contributed by atoms with Gasteiger partial charge in [-0.05, 0) is 31.0 Å². The summed E-state index contributed by atoms with van der Waals surface area (Å²) in [4.78, 5) is 25.1. The lowest BCUT2D eigenvalue weighted by molar-refractivity contribution is -0.114. The molecule has 3 rings (SSSR count). The largest absolute Gasteiger partial charge is 0.461 e. The average molecular weight is 497 g/mol. The molecule has 2 amide bonds. The maximum atomic E-state index is 15.5. The Labute approximate surface area is 208 Å². The molecule has 1 aliphatic heterocycles. The van der Waals surface area contributed by atoms with E-state index in [2.05, 4.69) is 10.1 Å². The average Bonchev–Trinajstić information content (AvgIpc) is 3.28. The Morgan fingerprint density at radius 2 is 2.08 bits per heavy atom. The van der Waals surface area contributed by atoms with Crippen LogP contribution in [0.3, 0.4) is 0 Å². The summed E-state index contributed by atoms with van der Waals surface area (Å²) in [6.07, 6.45) is -1.23. The molecule has 190 valence electrons. The van der Waals surface area contributed by atoms with Gasteiger partial charge in [-0.25, -0.2) is 9.18 Å². The summed E-state index contributed by atoms with van der Waals surface area (Å²) in [7, 11) is 1.10. The van der Waals surface area contributed by atoms with E-state index in [1.54, 1.807) is 0 Å². The SMILES string of the molecule is COC(=O)NC(=N)/C(=C\NC1(CC#N)CCN(Cc2ccc(-c3ccc(C)o3)cc2)CC1F)C(N)=O. The van der Waals surface area contributed by atoms with Gasteiger partial charge in [-0.3, -0.25) is 20.4 Å². The van der Waals surface area contributed by atoms with Crippen molar-refractivity contribution in [3.8, 4) is 17.4 Å². The summed E-state index contributed by atoms with van der Waals surface area (Å²) in [5, 5.41) is 22.1. The number of rotatable bonds is 8. The number of piperidine rings is 1. The van der Waals surface area contributed by atoms with E-state index in [1.807, 2.05) is 59.6 Å². The lowest BCUT2D eigenvalue weighted by Crippen LogP contribution is -2.59. The van der Waals surface area contributed by atoms with Crippen LogP contribution in [0.5, 0.6) is 0 Å². The van der Waals surface area contributed by atoms with Crippen LogP contribution in [-0.2, 0) is 16.1 Å². The minimum Gasteiger partial charge on any atom is -0.461 e. The van der Waals surface area contributed by atoms with Crippen molar-refractivity contribution in [3.63, 3.8) is 0 Å². The molecule has 0 radical (unpaired) electrons. The van der Waals surface area contributed by atoms with Crippen LogP contribution in [0.2, 0.25) is 0 Å². The highest BCUT2D eigenvalue weighted by Crippen LogP contribution is 2.30. The number of nitrogens with two attached hydrogens (primary N) is 1. The van der Waals surface area contributed by atoms with Gasteiger partial charge in [0, 0.05) is 31.4 Å². The van der Waals surface area contributed by atoms with E-state index in [0.29, 0.717) is 13.1 Å².